The highest BCUT2D eigenvalue weighted by atomic mass is 16.6. The van der Waals surface area contributed by atoms with E-state index in [9.17, 15) is 9.59 Å². The molecule has 1 aliphatic rings. The van der Waals surface area contributed by atoms with Gasteiger partial charge in [0.15, 0.2) is 11.5 Å². The van der Waals surface area contributed by atoms with Crippen LogP contribution in [0.15, 0.2) is 65.2 Å². The van der Waals surface area contributed by atoms with Gasteiger partial charge in [0.1, 0.15) is 6.61 Å². The lowest BCUT2D eigenvalue weighted by Crippen LogP contribution is -2.23. The van der Waals surface area contributed by atoms with E-state index >= 15 is 0 Å². The van der Waals surface area contributed by atoms with Gasteiger partial charge in [-0.15, -0.1) is 0 Å². The van der Waals surface area contributed by atoms with Crippen molar-refractivity contribution in [3.8, 4) is 11.3 Å². The highest BCUT2D eigenvalue weighted by molar-refractivity contribution is 6.03. The number of rotatable bonds is 4. The van der Waals surface area contributed by atoms with Crippen molar-refractivity contribution < 1.29 is 18.8 Å². The van der Waals surface area contributed by atoms with Crippen molar-refractivity contribution in [1.29, 1.82) is 0 Å². The molecule has 7 nitrogen and oxygen atoms in total. The maximum absolute atomic E-state index is 12.3. The first-order valence-electron chi connectivity index (χ1n) is 8.08. The summed E-state index contributed by atoms with van der Waals surface area (Å²) in [6, 6.07) is 18.0. The number of cyclic esters (lactones) is 1. The van der Waals surface area contributed by atoms with Gasteiger partial charge in [-0.1, -0.05) is 35.5 Å². The third-order valence-electron chi connectivity index (χ3n) is 4.00. The number of ether oxygens (including phenoxy) is 1. The summed E-state index contributed by atoms with van der Waals surface area (Å²) in [7, 11) is 0. The van der Waals surface area contributed by atoms with Crippen molar-refractivity contribution in [1.82, 2.24) is 5.16 Å². The van der Waals surface area contributed by atoms with Crippen LogP contribution in [-0.2, 0) is 4.74 Å². The summed E-state index contributed by atoms with van der Waals surface area (Å²) >= 11 is 0. The lowest BCUT2D eigenvalue weighted by Gasteiger charge is -2.13. The topological polar surface area (TPSA) is 84.7 Å². The smallest absolute Gasteiger partial charge is 0.414 e. The summed E-state index contributed by atoms with van der Waals surface area (Å²) in [5.74, 6) is 0.155. The van der Waals surface area contributed by atoms with Gasteiger partial charge in [-0.2, -0.15) is 0 Å². The third kappa shape index (κ3) is 3.14. The predicted octanol–water partition coefficient (Wildman–Crippen LogP) is 3.55. The summed E-state index contributed by atoms with van der Waals surface area (Å²) in [4.78, 5) is 25.4. The number of hydrogen-bond donors (Lipinski definition) is 1. The van der Waals surface area contributed by atoms with Crippen LogP contribution in [0.3, 0.4) is 0 Å². The van der Waals surface area contributed by atoms with Crippen LogP contribution in [-0.4, -0.2) is 30.3 Å². The molecule has 2 heterocycles. The van der Waals surface area contributed by atoms with Gasteiger partial charge in [0.25, 0.3) is 5.91 Å². The first-order valence-corrected chi connectivity index (χ1v) is 8.08. The molecule has 130 valence electrons. The van der Waals surface area contributed by atoms with Crippen LogP contribution in [0.25, 0.3) is 11.3 Å². The van der Waals surface area contributed by atoms with Gasteiger partial charge >= 0.3 is 6.09 Å². The minimum Gasteiger partial charge on any atom is -0.447 e. The van der Waals surface area contributed by atoms with Crippen molar-refractivity contribution in [2.75, 3.05) is 23.4 Å². The van der Waals surface area contributed by atoms with Crippen LogP contribution in [0.4, 0.5) is 16.2 Å². The van der Waals surface area contributed by atoms with Gasteiger partial charge in [0.2, 0.25) is 0 Å². The molecule has 0 saturated carbocycles. The normalized spacial score (nSPS) is 13.5. The SMILES string of the molecule is O=C(Nc1ccc(N2CCOC2=O)cc1)c1cc(-c2ccccc2)on1. The van der Waals surface area contributed by atoms with E-state index in [2.05, 4.69) is 10.5 Å². The summed E-state index contributed by atoms with van der Waals surface area (Å²) in [5, 5.41) is 6.58. The molecule has 0 radical (unpaired) electrons. The largest absolute Gasteiger partial charge is 0.447 e. The lowest BCUT2D eigenvalue weighted by atomic mass is 10.1. The molecule has 1 aromatic heterocycles. The van der Waals surface area contributed by atoms with Gasteiger partial charge in [-0.25, -0.2) is 4.79 Å². The minimum atomic E-state index is -0.371. The number of benzene rings is 2. The molecule has 0 spiro atoms. The quantitative estimate of drug-likeness (QED) is 0.778. The van der Waals surface area contributed by atoms with E-state index < -0.39 is 0 Å². The number of carbonyl (C=O) groups is 2. The van der Waals surface area contributed by atoms with Crippen LogP contribution in [0.5, 0.6) is 0 Å². The Morgan fingerprint density at radius 2 is 1.85 bits per heavy atom. The predicted molar refractivity (Wildman–Crippen MR) is 95.0 cm³/mol. The second kappa shape index (κ2) is 6.72. The van der Waals surface area contributed by atoms with Crippen LogP contribution in [0, 0.1) is 0 Å². The monoisotopic (exact) mass is 349 g/mol. The molecule has 26 heavy (non-hydrogen) atoms. The third-order valence-corrected chi connectivity index (χ3v) is 4.00. The van der Waals surface area contributed by atoms with Crippen LogP contribution < -0.4 is 10.2 Å². The van der Waals surface area contributed by atoms with Crippen molar-refractivity contribution in [2.45, 2.75) is 0 Å². The van der Waals surface area contributed by atoms with Gasteiger partial charge in [0.05, 0.1) is 6.54 Å². The van der Waals surface area contributed by atoms with E-state index in [0.717, 1.165) is 11.3 Å². The summed E-state index contributed by atoms with van der Waals surface area (Å²) in [6.07, 6.45) is -0.363. The van der Waals surface area contributed by atoms with Gasteiger partial charge in [-0.05, 0) is 24.3 Å². The summed E-state index contributed by atoms with van der Waals surface area (Å²) in [5.41, 5.74) is 2.35. The number of hydrogen-bond acceptors (Lipinski definition) is 5. The Bertz CT molecular complexity index is 935. The van der Waals surface area contributed by atoms with E-state index in [-0.39, 0.29) is 17.7 Å². The fourth-order valence-electron chi connectivity index (χ4n) is 2.67. The molecule has 1 aliphatic heterocycles. The highest BCUT2D eigenvalue weighted by Gasteiger charge is 2.23. The number of carbonyl (C=O) groups excluding carboxylic acids is 2. The maximum Gasteiger partial charge on any atom is 0.414 e. The second-order valence-electron chi connectivity index (χ2n) is 5.71. The molecule has 1 N–H and O–H groups in total. The number of nitrogens with one attached hydrogen (secondary N) is 1. The Labute approximate surface area is 149 Å². The first kappa shape index (κ1) is 15.9. The molecular formula is C19H15N3O4. The zero-order chi connectivity index (χ0) is 17.9. The van der Waals surface area contributed by atoms with E-state index in [4.69, 9.17) is 9.26 Å². The van der Waals surface area contributed by atoms with Crippen molar-refractivity contribution in [3.63, 3.8) is 0 Å². The fraction of sp³-hybridized carbons (Fsp3) is 0.105. The molecule has 4 rings (SSSR count). The molecule has 0 aliphatic carbocycles. The Morgan fingerprint density at radius 1 is 1.08 bits per heavy atom. The van der Waals surface area contributed by atoms with Gasteiger partial charge in [0, 0.05) is 23.0 Å². The lowest BCUT2D eigenvalue weighted by molar-refractivity contribution is 0.101. The Morgan fingerprint density at radius 3 is 2.54 bits per heavy atom. The van der Waals surface area contributed by atoms with Crippen molar-refractivity contribution in [2.24, 2.45) is 0 Å². The van der Waals surface area contributed by atoms with Crippen LogP contribution >= 0.6 is 0 Å². The average molecular weight is 349 g/mol. The van der Waals surface area contributed by atoms with E-state index in [0.29, 0.717) is 24.6 Å². The molecule has 0 bridgehead atoms. The zero-order valence-electron chi connectivity index (χ0n) is 13.7. The molecule has 2 amide bonds. The molecule has 1 fully saturated rings. The Balaban J connectivity index is 1.45. The Hall–Kier alpha value is -3.61. The molecular weight excluding hydrogens is 334 g/mol. The minimum absolute atomic E-state index is 0.191. The number of aromatic nitrogens is 1. The number of anilines is 2. The molecule has 1 saturated heterocycles. The van der Waals surface area contributed by atoms with Crippen LogP contribution in [0.1, 0.15) is 10.5 Å². The van der Waals surface area contributed by atoms with Crippen molar-refractivity contribution in [3.05, 3.63) is 66.4 Å². The van der Waals surface area contributed by atoms with Gasteiger partial charge < -0.3 is 14.6 Å². The fourth-order valence-corrected chi connectivity index (χ4v) is 2.67. The van der Waals surface area contributed by atoms with Crippen molar-refractivity contribution >= 4 is 23.4 Å². The number of amides is 2. The summed E-state index contributed by atoms with van der Waals surface area (Å²) < 4.78 is 10.1. The highest BCUT2D eigenvalue weighted by Crippen LogP contribution is 2.23. The standard InChI is InChI=1S/C19H15N3O4/c23-18(16-12-17(26-21-16)13-4-2-1-3-5-13)20-14-6-8-15(9-7-14)22-10-11-25-19(22)24/h1-9,12H,10-11H2,(H,20,23). The molecule has 7 heteroatoms. The first-order chi connectivity index (χ1) is 12.7. The molecule has 2 aromatic carbocycles. The zero-order valence-corrected chi connectivity index (χ0v) is 13.7. The molecule has 0 atom stereocenters. The van der Waals surface area contributed by atoms with E-state index in [1.165, 1.54) is 4.90 Å². The van der Waals surface area contributed by atoms with Crippen LogP contribution in [0.2, 0.25) is 0 Å². The summed E-state index contributed by atoms with van der Waals surface area (Å²) in [6.45, 7) is 0.902. The average Bonchev–Trinajstić information content (AvgIpc) is 3.32. The van der Waals surface area contributed by atoms with E-state index in [1.807, 2.05) is 30.3 Å². The second-order valence-corrected chi connectivity index (χ2v) is 5.71. The molecule has 3 aromatic rings. The maximum atomic E-state index is 12.3. The van der Waals surface area contributed by atoms with E-state index in [1.54, 1.807) is 30.3 Å². The molecule has 0 unspecified atom stereocenters. The van der Waals surface area contributed by atoms with Gasteiger partial charge in [-0.3, -0.25) is 9.69 Å². The number of nitrogens with zero attached hydrogens (tertiary/aromatic N) is 2. The Kier molecular flexibility index (Phi) is 4.10.